The van der Waals surface area contributed by atoms with Crippen molar-refractivity contribution in [2.75, 3.05) is 11.9 Å². The average molecular weight is 376 g/mol. The van der Waals surface area contributed by atoms with Crippen molar-refractivity contribution in [3.8, 4) is 0 Å². The van der Waals surface area contributed by atoms with E-state index in [-0.39, 0.29) is 16.1 Å². The first kappa shape index (κ1) is 16.9. The fraction of sp³-hybridized carbons (Fsp3) is 0.467. The number of halogens is 3. The highest BCUT2D eigenvalue weighted by molar-refractivity contribution is 9.10. The van der Waals surface area contributed by atoms with Crippen LogP contribution in [0.2, 0.25) is 0 Å². The molecular weight excluding hydrogens is 360 g/mol. The van der Waals surface area contributed by atoms with E-state index < -0.39 is 30.1 Å². The molecule has 22 heavy (non-hydrogen) atoms. The van der Waals surface area contributed by atoms with Crippen molar-refractivity contribution in [2.45, 2.75) is 32.1 Å². The fourth-order valence-corrected chi connectivity index (χ4v) is 2.94. The first-order valence-corrected chi connectivity index (χ1v) is 7.87. The number of carbonyl (C=O) groups excluding carboxylic acids is 2. The topological polar surface area (TPSA) is 55.4 Å². The molecule has 1 aromatic rings. The van der Waals surface area contributed by atoms with Crippen molar-refractivity contribution in [3.05, 3.63) is 28.2 Å². The van der Waals surface area contributed by atoms with Gasteiger partial charge in [0.1, 0.15) is 5.82 Å². The lowest BCUT2D eigenvalue weighted by molar-refractivity contribution is -0.152. The Morgan fingerprint density at radius 1 is 1.23 bits per heavy atom. The SMILES string of the molecule is O=C(COC(=O)C1CCCCC1)Nc1c(F)cc(F)cc1Br. The summed E-state index contributed by atoms with van der Waals surface area (Å²) in [6.45, 7) is -0.488. The monoisotopic (exact) mass is 375 g/mol. The molecule has 1 fully saturated rings. The van der Waals surface area contributed by atoms with Crippen LogP contribution in [-0.4, -0.2) is 18.5 Å². The Morgan fingerprint density at radius 3 is 2.55 bits per heavy atom. The maximum absolute atomic E-state index is 13.6. The molecule has 1 saturated carbocycles. The summed E-state index contributed by atoms with van der Waals surface area (Å²) >= 11 is 2.97. The number of esters is 1. The third-order valence-corrected chi connectivity index (χ3v) is 4.18. The molecule has 0 aliphatic heterocycles. The number of nitrogens with one attached hydrogen (secondary N) is 1. The molecule has 120 valence electrons. The van der Waals surface area contributed by atoms with Crippen LogP contribution in [0.4, 0.5) is 14.5 Å². The number of carbonyl (C=O) groups is 2. The van der Waals surface area contributed by atoms with Crippen LogP contribution in [0.3, 0.4) is 0 Å². The number of benzene rings is 1. The van der Waals surface area contributed by atoms with Gasteiger partial charge in [-0.2, -0.15) is 0 Å². The van der Waals surface area contributed by atoms with Crippen molar-refractivity contribution in [1.82, 2.24) is 0 Å². The molecule has 1 amide bonds. The van der Waals surface area contributed by atoms with Gasteiger partial charge in [-0.15, -0.1) is 0 Å². The minimum absolute atomic E-state index is 0.0805. The molecule has 1 aliphatic rings. The van der Waals surface area contributed by atoms with E-state index in [4.69, 9.17) is 4.74 Å². The fourth-order valence-electron chi connectivity index (χ4n) is 2.43. The van der Waals surface area contributed by atoms with Gasteiger partial charge in [-0.25, -0.2) is 8.78 Å². The van der Waals surface area contributed by atoms with Gasteiger partial charge in [0.15, 0.2) is 12.4 Å². The Balaban J connectivity index is 1.87. The molecule has 0 atom stereocenters. The highest BCUT2D eigenvalue weighted by Gasteiger charge is 2.23. The minimum Gasteiger partial charge on any atom is -0.455 e. The van der Waals surface area contributed by atoms with Crippen LogP contribution < -0.4 is 5.32 Å². The van der Waals surface area contributed by atoms with Crippen molar-refractivity contribution in [2.24, 2.45) is 5.92 Å². The zero-order valence-electron chi connectivity index (χ0n) is 11.8. The van der Waals surface area contributed by atoms with Gasteiger partial charge in [0.2, 0.25) is 0 Å². The van der Waals surface area contributed by atoms with Crippen LogP contribution in [0, 0.1) is 17.6 Å². The van der Waals surface area contributed by atoms with Crippen molar-refractivity contribution < 1.29 is 23.1 Å². The molecule has 1 aliphatic carbocycles. The minimum atomic E-state index is -0.904. The Bertz CT molecular complexity index is 551. The van der Waals surface area contributed by atoms with E-state index in [9.17, 15) is 18.4 Å². The van der Waals surface area contributed by atoms with E-state index in [2.05, 4.69) is 21.2 Å². The molecule has 0 heterocycles. The smallest absolute Gasteiger partial charge is 0.309 e. The highest BCUT2D eigenvalue weighted by atomic mass is 79.9. The van der Waals surface area contributed by atoms with E-state index in [1.54, 1.807) is 0 Å². The van der Waals surface area contributed by atoms with Gasteiger partial charge < -0.3 is 10.1 Å². The molecule has 1 N–H and O–H groups in total. The molecule has 7 heteroatoms. The number of ether oxygens (including phenoxy) is 1. The van der Waals surface area contributed by atoms with Gasteiger partial charge >= 0.3 is 5.97 Å². The third kappa shape index (κ3) is 4.50. The van der Waals surface area contributed by atoms with Crippen molar-refractivity contribution in [3.63, 3.8) is 0 Å². The number of hydrogen-bond acceptors (Lipinski definition) is 3. The number of hydrogen-bond donors (Lipinski definition) is 1. The number of anilines is 1. The summed E-state index contributed by atoms with van der Waals surface area (Å²) < 4.78 is 31.6. The van der Waals surface area contributed by atoms with Crippen LogP contribution >= 0.6 is 15.9 Å². The highest BCUT2D eigenvalue weighted by Crippen LogP contribution is 2.27. The molecule has 0 bridgehead atoms. The van der Waals surface area contributed by atoms with Gasteiger partial charge in [-0.1, -0.05) is 19.3 Å². The Labute approximate surface area is 135 Å². The Hall–Kier alpha value is -1.50. The summed E-state index contributed by atoms with van der Waals surface area (Å²) in [5.74, 6) is -2.88. The lowest BCUT2D eigenvalue weighted by atomic mass is 9.89. The molecule has 0 spiro atoms. The second-order valence-electron chi connectivity index (χ2n) is 5.24. The summed E-state index contributed by atoms with van der Waals surface area (Å²) in [5.41, 5.74) is -0.180. The largest absolute Gasteiger partial charge is 0.455 e. The van der Waals surface area contributed by atoms with E-state index in [1.807, 2.05) is 0 Å². The van der Waals surface area contributed by atoms with Crippen LogP contribution in [-0.2, 0) is 14.3 Å². The zero-order valence-corrected chi connectivity index (χ0v) is 13.4. The van der Waals surface area contributed by atoms with Gasteiger partial charge in [0.05, 0.1) is 11.6 Å². The van der Waals surface area contributed by atoms with Gasteiger partial charge in [0.25, 0.3) is 5.91 Å². The van der Waals surface area contributed by atoms with Crippen LogP contribution in [0.15, 0.2) is 16.6 Å². The summed E-state index contributed by atoms with van der Waals surface area (Å²) in [6, 6.07) is 1.70. The first-order chi connectivity index (χ1) is 10.5. The van der Waals surface area contributed by atoms with Gasteiger partial charge in [-0.3, -0.25) is 9.59 Å². The third-order valence-electron chi connectivity index (χ3n) is 3.56. The van der Waals surface area contributed by atoms with E-state index in [0.717, 1.165) is 38.2 Å². The van der Waals surface area contributed by atoms with Gasteiger partial charge in [0, 0.05) is 10.5 Å². The lowest BCUT2D eigenvalue weighted by Gasteiger charge is -2.19. The predicted octanol–water partition coefficient (Wildman–Crippen LogP) is 3.79. The molecule has 1 aromatic carbocycles. The zero-order chi connectivity index (χ0) is 16.1. The molecule has 0 radical (unpaired) electrons. The standard InChI is InChI=1S/C15H16BrF2NO3/c16-11-6-10(17)7-12(18)14(11)19-13(20)8-22-15(21)9-4-2-1-3-5-9/h6-7,9H,1-5,8H2,(H,19,20). The maximum atomic E-state index is 13.6. The molecule has 0 saturated heterocycles. The second kappa shape index (κ2) is 7.67. The first-order valence-electron chi connectivity index (χ1n) is 7.08. The molecular formula is C15H16BrF2NO3. The quantitative estimate of drug-likeness (QED) is 0.814. The Kier molecular flexibility index (Phi) is 5.88. The molecule has 0 aromatic heterocycles. The van der Waals surface area contributed by atoms with Crippen LogP contribution in [0.1, 0.15) is 32.1 Å². The second-order valence-corrected chi connectivity index (χ2v) is 6.09. The van der Waals surface area contributed by atoms with Crippen molar-refractivity contribution >= 4 is 33.5 Å². The van der Waals surface area contributed by atoms with Crippen LogP contribution in [0.25, 0.3) is 0 Å². The van der Waals surface area contributed by atoms with E-state index in [0.29, 0.717) is 6.07 Å². The van der Waals surface area contributed by atoms with Crippen molar-refractivity contribution in [1.29, 1.82) is 0 Å². The molecule has 0 unspecified atom stereocenters. The molecule has 2 rings (SSSR count). The van der Waals surface area contributed by atoms with E-state index >= 15 is 0 Å². The number of amides is 1. The summed E-state index contributed by atoms with van der Waals surface area (Å²) in [7, 11) is 0. The maximum Gasteiger partial charge on any atom is 0.309 e. The van der Waals surface area contributed by atoms with Gasteiger partial charge in [-0.05, 0) is 34.8 Å². The number of rotatable bonds is 4. The average Bonchev–Trinajstić information content (AvgIpc) is 2.49. The molecule has 4 nitrogen and oxygen atoms in total. The Morgan fingerprint density at radius 2 is 1.91 bits per heavy atom. The summed E-state index contributed by atoms with van der Waals surface area (Å²) in [5, 5.41) is 2.26. The lowest BCUT2D eigenvalue weighted by Crippen LogP contribution is -2.26. The normalized spacial score (nSPS) is 15.4. The predicted molar refractivity (Wildman–Crippen MR) is 80.2 cm³/mol. The van der Waals surface area contributed by atoms with Crippen LogP contribution in [0.5, 0.6) is 0 Å². The van der Waals surface area contributed by atoms with E-state index in [1.165, 1.54) is 0 Å². The summed E-state index contributed by atoms with van der Waals surface area (Å²) in [4.78, 5) is 23.5. The summed E-state index contributed by atoms with van der Waals surface area (Å²) in [6.07, 6.45) is 4.64.